The maximum absolute atomic E-state index is 5.90. The number of anilines is 1. The van der Waals surface area contributed by atoms with Crippen LogP contribution in [0.15, 0.2) is 24.3 Å². The summed E-state index contributed by atoms with van der Waals surface area (Å²) in [4.78, 5) is 11.6. The third kappa shape index (κ3) is 3.04. The SMILES string of the molecule is COc1nc2ccccc2nc1N1CCCCC1CN.Cl. The van der Waals surface area contributed by atoms with E-state index in [4.69, 9.17) is 15.5 Å². The van der Waals surface area contributed by atoms with Crippen molar-refractivity contribution in [3.63, 3.8) is 0 Å². The Morgan fingerprint density at radius 2 is 1.95 bits per heavy atom. The van der Waals surface area contributed by atoms with E-state index in [1.807, 2.05) is 24.3 Å². The molecule has 1 aromatic heterocycles. The fourth-order valence-electron chi connectivity index (χ4n) is 2.82. The highest BCUT2D eigenvalue weighted by Crippen LogP contribution is 2.31. The van der Waals surface area contributed by atoms with E-state index in [0.29, 0.717) is 18.5 Å². The molecule has 1 fully saturated rings. The number of nitrogens with two attached hydrogens (primary N) is 1. The normalized spacial score (nSPS) is 18.4. The van der Waals surface area contributed by atoms with Crippen LogP contribution in [0.4, 0.5) is 5.82 Å². The van der Waals surface area contributed by atoms with Crippen molar-refractivity contribution in [1.29, 1.82) is 0 Å². The summed E-state index contributed by atoms with van der Waals surface area (Å²) < 4.78 is 5.44. The predicted octanol–water partition coefficient (Wildman–Crippen LogP) is 2.38. The van der Waals surface area contributed by atoms with E-state index in [-0.39, 0.29) is 12.4 Å². The zero-order valence-electron chi connectivity index (χ0n) is 12.2. The Morgan fingerprint density at radius 3 is 2.62 bits per heavy atom. The first kappa shape index (κ1) is 15.8. The number of rotatable bonds is 3. The molecular formula is C15H21ClN4O. The number of aromatic nitrogens is 2. The summed E-state index contributed by atoms with van der Waals surface area (Å²) in [5.74, 6) is 1.41. The van der Waals surface area contributed by atoms with E-state index in [0.717, 1.165) is 36.2 Å². The quantitative estimate of drug-likeness (QED) is 0.943. The minimum Gasteiger partial charge on any atom is -0.478 e. The molecule has 21 heavy (non-hydrogen) atoms. The predicted molar refractivity (Wildman–Crippen MR) is 87.4 cm³/mol. The molecule has 1 aromatic carbocycles. The van der Waals surface area contributed by atoms with Crippen LogP contribution in [0, 0.1) is 0 Å². The van der Waals surface area contributed by atoms with Crippen molar-refractivity contribution in [2.24, 2.45) is 5.73 Å². The summed E-state index contributed by atoms with van der Waals surface area (Å²) in [7, 11) is 1.64. The Balaban J connectivity index is 0.00000161. The smallest absolute Gasteiger partial charge is 0.257 e. The molecule has 2 heterocycles. The van der Waals surface area contributed by atoms with Gasteiger partial charge in [-0.3, -0.25) is 0 Å². The number of hydrogen-bond donors (Lipinski definition) is 1. The van der Waals surface area contributed by atoms with Gasteiger partial charge in [-0.15, -0.1) is 12.4 Å². The fourth-order valence-corrected chi connectivity index (χ4v) is 2.82. The number of ether oxygens (including phenoxy) is 1. The van der Waals surface area contributed by atoms with Crippen molar-refractivity contribution < 1.29 is 4.74 Å². The third-order valence-electron chi connectivity index (χ3n) is 3.89. The monoisotopic (exact) mass is 308 g/mol. The van der Waals surface area contributed by atoms with Gasteiger partial charge in [0.05, 0.1) is 18.1 Å². The standard InChI is InChI=1S/C15H20N4O.ClH/c1-20-15-14(19-9-5-4-6-11(19)10-16)17-12-7-2-3-8-13(12)18-15;/h2-3,7-8,11H,4-6,9-10,16H2,1H3;1H. The van der Waals surface area contributed by atoms with Gasteiger partial charge >= 0.3 is 0 Å². The molecule has 1 aliphatic rings. The molecule has 5 nitrogen and oxygen atoms in total. The van der Waals surface area contributed by atoms with Gasteiger partial charge in [-0.1, -0.05) is 12.1 Å². The number of benzene rings is 1. The lowest BCUT2D eigenvalue weighted by molar-refractivity contribution is 0.389. The van der Waals surface area contributed by atoms with E-state index in [1.165, 1.54) is 6.42 Å². The average molecular weight is 309 g/mol. The molecule has 6 heteroatoms. The highest BCUT2D eigenvalue weighted by atomic mass is 35.5. The first-order valence-corrected chi connectivity index (χ1v) is 7.11. The molecule has 2 aromatic rings. The number of nitrogens with zero attached hydrogens (tertiary/aromatic N) is 3. The van der Waals surface area contributed by atoms with Gasteiger partial charge in [0, 0.05) is 19.1 Å². The number of fused-ring (bicyclic) bond motifs is 1. The van der Waals surface area contributed by atoms with Crippen molar-refractivity contribution in [3.05, 3.63) is 24.3 Å². The summed E-state index contributed by atoms with van der Waals surface area (Å²) in [6.45, 7) is 1.60. The Bertz CT molecular complexity index is 607. The molecule has 1 saturated heterocycles. The lowest BCUT2D eigenvalue weighted by Crippen LogP contribution is -2.44. The van der Waals surface area contributed by atoms with E-state index >= 15 is 0 Å². The van der Waals surface area contributed by atoms with E-state index < -0.39 is 0 Å². The molecule has 2 N–H and O–H groups in total. The van der Waals surface area contributed by atoms with Crippen LogP contribution in [0.2, 0.25) is 0 Å². The number of para-hydroxylation sites is 2. The Labute approximate surface area is 130 Å². The number of piperidine rings is 1. The molecule has 0 amide bonds. The molecule has 114 valence electrons. The van der Waals surface area contributed by atoms with Gasteiger partial charge in [0.2, 0.25) is 0 Å². The zero-order valence-corrected chi connectivity index (χ0v) is 13.0. The Morgan fingerprint density at radius 1 is 1.24 bits per heavy atom. The zero-order chi connectivity index (χ0) is 13.9. The van der Waals surface area contributed by atoms with Gasteiger partial charge in [-0.05, 0) is 31.4 Å². The highest BCUT2D eigenvalue weighted by Gasteiger charge is 2.26. The van der Waals surface area contributed by atoms with Crippen molar-refractivity contribution in [2.75, 3.05) is 25.1 Å². The molecule has 1 unspecified atom stereocenters. The maximum atomic E-state index is 5.90. The molecule has 1 atom stereocenters. The van der Waals surface area contributed by atoms with Crippen LogP contribution in [-0.2, 0) is 0 Å². The fraction of sp³-hybridized carbons (Fsp3) is 0.467. The minimum absolute atomic E-state index is 0. The lowest BCUT2D eigenvalue weighted by atomic mass is 10.0. The van der Waals surface area contributed by atoms with Crippen molar-refractivity contribution in [3.8, 4) is 5.88 Å². The summed E-state index contributed by atoms with van der Waals surface area (Å²) in [6.07, 6.45) is 3.49. The molecular weight excluding hydrogens is 288 g/mol. The topological polar surface area (TPSA) is 64.3 Å². The van der Waals surface area contributed by atoms with Gasteiger partial charge in [0.1, 0.15) is 0 Å². The van der Waals surface area contributed by atoms with Gasteiger partial charge in [-0.2, -0.15) is 0 Å². The van der Waals surface area contributed by atoms with Crippen molar-refractivity contribution in [1.82, 2.24) is 9.97 Å². The van der Waals surface area contributed by atoms with Gasteiger partial charge in [0.25, 0.3) is 5.88 Å². The van der Waals surface area contributed by atoms with Gasteiger partial charge in [0.15, 0.2) is 5.82 Å². The van der Waals surface area contributed by atoms with Gasteiger partial charge in [-0.25, -0.2) is 9.97 Å². The average Bonchev–Trinajstić information content (AvgIpc) is 2.53. The number of hydrogen-bond acceptors (Lipinski definition) is 5. The molecule has 3 rings (SSSR count). The van der Waals surface area contributed by atoms with Crippen molar-refractivity contribution in [2.45, 2.75) is 25.3 Å². The summed E-state index contributed by atoms with van der Waals surface area (Å²) in [5, 5.41) is 0. The van der Waals surface area contributed by atoms with Crippen LogP contribution in [0.3, 0.4) is 0 Å². The largest absolute Gasteiger partial charge is 0.478 e. The van der Waals surface area contributed by atoms with E-state index in [2.05, 4.69) is 9.88 Å². The second kappa shape index (κ2) is 6.91. The maximum Gasteiger partial charge on any atom is 0.257 e. The van der Waals surface area contributed by atoms with Crippen LogP contribution < -0.4 is 15.4 Å². The molecule has 0 saturated carbocycles. The minimum atomic E-state index is 0. The van der Waals surface area contributed by atoms with Crippen molar-refractivity contribution >= 4 is 29.3 Å². The highest BCUT2D eigenvalue weighted by molar-refractivity contribution is 5.85. The van der Waals surface area contributed by atoms with Crippen LogP contribution in [-0.4, -0.2) is 36.2 Å². The van der Waals surface area contributed by atoms with Crippen LogP contribution >= 0.6 is 12.4 Å². The molecule has 0 radical (unpaired) electrons. The van der Waals surface area contributed by atoms with Crippen LogP contribution in [0.5, 0.6) is 5.88 Å². The first-order valence-electron chi connectivity index (χ1n) is 7.11. The molecule has 0 aliphatic carbocycles. The second-order valence-corrected chi connectivity index (χ2v) is 5.12. The Hall–Kier alpha value is -1.59. The number of halogens is 1. The molecule has 0 spiro atoms. The summed E-state index contributed by atoms with van der Waals surface area (Å²) in [6, 6.07) is 8.19. The van der Waals surface area contributed by atoms with Crippen LogP contribution in [0.1, 0.15) is 19.3 Å². The van der Waals surface area contributed by atoms with E-state index in [1.54, 1.807) is 7.11 Å². The first-order chi connectivity index (χ1) is 9.83. The summed E-state index contributed by atoms with van der Waals surface area (Å²) in [5.41, 5.74) is 7.65. The molecule has 1 aliphatic heterocycles. The summed E-state index contributed by atoms with van der Waals surface area (Å²) >= 11 is 0. The van der Waals surface area contributed by atoms with E-state index in [9.17, 15) is 0 Å². The second-order valence-electron chi connectivity index (χ2n) is 5.12. The lowest BCUT2D eigenvalue weighted by Gasteiger charge is -2.36. The van der Waals surface area contributed by atoms with Crippen LogP contribution in [0.25, 0.3) is 11.0 Å². The Kier molecular flexibility index (Phi) is 5.20. The van der Waals surface area contributed by atoms with Gasteiger partial charge < -0.3 is 15.4 Å². The molecule has 0 bridgehead atoms. The number of methoxy groups -OCH3 is 1. The third-order valence-corrected chi connectivity index (χ3v) is 3.89.